The molecule has 1 saturated heterocycles. The van der Waals surface area contributed by atoms with Gasteiger partial charge in [0, 0.05) is 29.7 Å². The van der Waals surface area contributed by atoms with E-state index in [1.165, 1.54) is 24.8 Å². The first-order valence-corrected chi connectivity index (χ1v) is 7.61. The molecule has 1 fully saturated rings. The molecular formula is C15H22BrNO2. The molecule has 1 heterocycles. The number of rotatable bonds is 5. The maximum Gasteiger partial charge on any atom is 0.123 e. The average molecular weight is 328 g/mol. The Bertz CT molecular complexity index is 405. The molecule has 1 unspecified atom stereocenters. The summed E-state index contributed by atoms with van der Waals surface area (Å²) in [7, 11) is 3.86. The number of halogens is 1. The van der Waals surface area contributed by atoms with E-state index in [2.05, 4.69) is 33.9 Å². The Labute approximate surface area is 124 Å². The van der Waals surface area contributed by atoms with Crippen LogP contribution in [0.5, 0.6) is 5.75 Å². The van der Waals surface area contributed by atoms with Gasteiger partial charge in [-0.05, 0) is 44.5 Å². The third-order valence-electron chi connectivity index (χ3n) is 3.47. The lowest BCUT2D eigenvalue weighted by atomic mass is 10.1. The summed E-state index contributed by atoms with van der Waals surface area (Å²) in [6.07, 6.45) is 4.06. The van der Waals surface area contributed by atoms with Crippen LogP contribution in [0.1, 0.15) is 24.8 Å². The van der Waals surface area contributed by atoms with Crippen molar-refractivity contribution in [2.45, 2.75) is 31.9 Å². The number of ether oxygens (including phenoxy) is 2. The van der Waals surface area contributed by atoms with Crippen LogP contribution in [0.4, 0.5) is 0 Å². The van der Waals surface area contributed by atoms with E-state index in [0.717, 1.165) is 29.9 Å². The maximum atomic E-state index is 5.78. The normalized spacial score (nSPS) is 19.7. The molecule has 0 radical (unpaired) electrons. The highest BCUT2D eigenvalue weighted by Gasteiger charge is 2.16. The minimum absolute atomic E-state index is 0.386. The third kappa shape index (κ3) is 4.48. The highest BCUT2D eigenvalue weighted by molar-refractivity contribution is 9.10. The molecule has 2 rings (SSSR count). The summed E-state index contributed by atoms with van der Waals surface area (Å²) in [6.45, 7) is 2.77. The fourth-order valence-electron chi connectivity index (χ4n) is 2.53. The van der Waals surface area contributed by atoms with Gasteiger partial charge in [-0.15, -0.1) is 0 Å². The predicted octanol–water partition coefficient (Wildman–Crippen LogP) is 3.46. The van der Waals surface area contributed by atoms with Crippen molar-refractivity contribution in [3.8, 4) is 5.75 Å². The molecule has 1 aromatic carbocycles. The fourth-order valence-corrected chi connectivity index (χ4v) is 2.93. The van der Waals surface area contributed by atoms with Crippen molar-refractivity contribution in [3.63, 3.8) is 0 Å². The third-order valence-corrected chi connectivity index (χ3v) is 3.97. The Balaban J connectivity index is 1.93. The molecule has 0 spiro atoms. The highest BCUT2D eigenvalue weighted by atomic mass is 79.9. The van der Waals surface area contributed by atoms with Crippen LogP contribution in [-0.2, 0) is 11.3 Å². The van der Waals surface area contributed by atoms with Crippen molar-refractivity contribution in [1.82, 2.24) is 4.90 Å². The van der Waals surface area contributed by atoms with Gasteiger partial charge in [-0.2, -0.15) is 0 Å². The first-order chi connectivity index (χ1) is 9.19. The van der Waals surface area contributed by atoms with Gasteiger partial charge in [0.2, 0.25) is 0 Å². The summed E-state index contributed by atoms with van der Waals surface area (Å²) in [6, 6.07) is 6.13. The van der Waals surface area contributed by atoms with Crippen LogP contribution in [0.2, 0.25) is 0 Å². The van der Waals surface area contributed by atoms with Gasteiger partial charge >= 0.3 is 0 Å². The van der Waals surface area contributed by atoms with Crippen LogP contribution in [0, 0.1) is 0 Å². The molecule has 106 valence electrons. The number of benzene rings is 1. The van der Waals surface area contributed by atoms with Crippen LogP contribution < -0.4 is 4.74 Å². The summed E-state index contributed by atoms with van der Waals surface area (Å²) >= 11 is 3.52. The Morgan fingerprint density at radius 3 is 2.95 bits per heavy atom. The number of hydrogen-bond acceptors (Lipinski definition) is 3. The van der Waals surface area contributed by atoms with E-state index in [9.17, 15) is 0 Å². The van der Waals surface area contributed by atoms with Crippen LogP contribution in [0.25, 0.3) is 0 Å². The van der Waals surface area contributed by atoms with E-state index in [1.54, 1.807) is 7.11 Å². The molecule has 1 atom stereocenters. The van der Waals surface area contributed by atoms with Crippen molar-refractivity contribution >= 4 is 15.9 Å². The van der Waals surface area contributed by atoms with Crippen LogP contribution in [0.15, 0.2) is 22.7 Å². The second-order valence-corrected chi connectivity index (χ2v) is 6.06. The molecule has 19 heavy (non-hydrogen) atoms. The molecule has 0 bridgehead atoms. The molecule has 1 aromatic rings. The van der Waals surface area contributed by atoms with Crippen LogP contribution in [-0.4, -0.2) is 38.3 Å². The molecule has 3 nitrogen and oxygen atoms in total. The standard InChI is InChI=1S/C15H22BrNO2/c1-17(11-14-5-3-4-8-19-14)10-12-9-13(16)6-7-15(12)18-2/h6-7,9,14H,3-5,8,10-11H2,1-2H3. The summed E-state index contributed by atoms with van der Waals surface area (Å²) in [5, 5.41) is 0. The topological polar surface area (TPSA) is 21.7 Å². The maximum absolute atomic E-state index is 5.78. The Hall–Kier alpha value is -0.580. The average Bonchev–Trinajstić information content (AvgIpc) is 2.40. The van der Waals surface area contributed by atoms with Gasteiger partial charge in [-0.25, -0.2) is 0 Å². The number of likely N-dealkylation sites (N-methyl/N-ethyl adjacent to an activating group) is 1. The van der Waals surface area contributed by atoms with Gasteiger partial charge in [-0.1, -0.05) is 15.9 Å². The summed E-state index contributed by atoms with van der Waals surface area (Å²) < 4.78 is 12.3. The predicted molar refractivity (Wildman–Crippen MR) is 80.6 cm³/mol. The largest absolute Gasteiger partial charge is 0.496 e. The summed E-state index contributed by atoms with van der Waals surface area (Å²) in [5.74, 6) is 0.944. The number of hydrogen-bond donors (Lipinski definition) is 0. The molecule has 0 aromatic heterocycles. The second kappa shape index (κ2) is 7.27. The zero-order valence-electron chi connectivity index (χ0n) is 11.7. The SMILES string of the molecule is COc1ccc(Br)cc1CN(C)CC1CCCCO1. The minimum atomic E-state index is 0.386. The highest BCUT2D eigenvalue weighted by Crippen LogP contribution is 2.24. The van der Waals surface area contributed by atoms with E-state index in [-0.39, 0.29) is 0 Å². The molecule has 4 heteroatoms. The molecule has 0 saturated carbocycles. The number of nitrogens with zero attached hydrogens (tertiary/aromatic N) is 1. The van der Waals surface area contributed by atoms with Gasteiger partial charge in [-0.3, -0.25) is 4.90 Å². The van der Waals surface area contributed by atoms with Gasteiger partial charge in [0.1, 0.15) is 5.75 Å². The van der Waals surface area contributed by atoms with Gasteiger partial charge < -0.3 is 9.47 Å². The van der Waals surface area contributed by atoms with Crippen molar-refractivity contribution in [3.05, 3.63) is 28.2 Å². The zero-order valence-corrected chi connectivity index (χ0v) is 13.3. The van der Waals surface area contributed by atoms with Crippen LogP contribution >= 0.6 is 15.9 Å². The van der Waals surface area contributed by atoms with Gasteiger partial charge in [0.25, 0.3) is 0 Å². The molecule has 1 aliphatic rings. The first-order valence-electron chi connectivity index (χ1n) is 6.81. The van der Waals surface area contributed by atoms with Crippen molar-refractivity contribution in [2.75, 3.05) is 27.3 Å². The summed E-state index contributed by atoms with van der Waals surface area (Å²) in [4.78, 5) is 2.31. The number of methoxy groups -OCH3 is 1. The fraction of sp³-hybridized carbons (Fsp3) is 0.600. The molecule has 1 aliphatic heterocycles. The van der Waals surface area contributed by atoms with Crippen molar-refractivity contribution in [2.24, 2.45) is 0 Å². The van der Waals surface area contributed by atoms with E-state index >= 15 is 0 Å². The van der Waals surface area contributed by atoms with E-state index < -0.39 is 0 Å². The first kappa shape index (κ1) is 14.8. The molecule has 0 N–H and O–H groups in total. The quantitative estimate of drug-likeness (QED) is 0.826. The van der Waals surface area contributed by atoms with Crippen molar-refractivity contribution in [1.29, 1.82) is 0 Å². The molecular weight excluding hydrogens is 306 g/mol. The van der Waals surface area contributed by atoms with Crippen molar-refractivity contribution < 1.29 is 9.47 Å². The van der Waals surface area contributed by atoms with E-state index in [1.807, 2.05) is 12.1 Å². The zero-order chi connectivity index (χ0) is 13.7. The monoisotopic (exact) mass is 327 g/mol. The lowest BCUT2D eigenvalue weighted by Crippen LogP contribution is -2.33. The minimum Gasteiger partial charge on any atom is -0.496 e. The van der Waals surface area contributed by atoms with Gasteiger partial charge in [0.05, 0.1) is 13.2 Å². The Morgan fingerprint density at radius 1 is 1.42 bits per heavy atom. The summed E-state index contributed by atoms with van der Waals surface area (Å²) in [5.41, 5.74) is 1.20. The van der Waals surface area contributed by atoms with E-state index in [0.29, 0.717) is 6.10 Å². The second-order valence-electron chi connectivity index (χ2n) is 5.14. The Kier molecular flexibility index (Phi) is 5.67. The lowest BCUT2D eigenvalue weighted by Gasteiger charge is -2.27. The lowest BCUT2D eigenvalue weighted by molar-refractivity contribution is -0.00267. The van der Waals surface area contributed by atoms with Gasteiger partial charge in [0.15, 0.2) is 0 Å². The molecule has 0 aliphatic carbocycles. The van der Waals surface area contributed by atoms with E-state index in [4.69, 9.17) is 9.47 Å². The van der Waals surface area contributed by atoms with Crippen LogP contribution in [0.3, 0.4) is 0 Å². The molecule has 0 amide bonds. The smallest absolute Gasteiger partial charge is 0.123 e. The Morgan fingerprint density at radius 2 is 2.26 bits per heavy atom.